The first-order valence-electron chi connectivity index (χ1n) is 5.84. The van der Waals surface area contributed by atoms with Crippen molar-refractivity contribution in [2.75, 3.05) is 0 Å². The molecule has 16 heavy (non-hydrogen) atoms. The van der Waals surface area contributed by atoms with Crippen molar-refractivity contribution in [1.29, 1.82) is 0 Å². The van der Waals surface area contributed by atoms with Crippen molar-refractivity contribution in [2.24, 2.45) is 7.05 Å². The Morgan fingerprint density at radius 2 is 1.69 bits per heavy atom. The fraction of sp³-hybridized carbons (Fsp3) is 0.462. The predicted octanol–water partition coefficient (Wildman–Crippen LogP) is 3.23. The third-order valence-electron chi connectivity index (χ3n) is 2.06. The van der Waals surface area contributed by atoms with Crippen LogP contribution in [-0.4, -0.2) is 9.55 Å². The molecule has 2 rings (SSSR count). The Hall–Kier alpha value is -1.51. The Labute approximate surface area is 97.1 Å². The number of aromatic nitrogens is 2. The van der Waals surface area contributed by atoms with E-state index in [0.29, 0.717) is 0 Å². The number of aromatic amines is 1. The smallest absolute Gasteiger partial charge is 0.306 e. The standard InChI is InChI=1S/C9H10N2O.2C2H6/c1-6-3-4-7-8(5-6)11(2)9(12)10-7;2*1-2/h3-5H,1-2H3,(H,10,12);2*1-2H3. The summed E-state index contributed by atoms with van der Waals surface area (Å²) < 4.78 is 1.61. The van der Waals surface area contributed by atoms with Gasteiger partial charge in [-0.05, 0) is 24.6 Å². The molecule has 3 heteroatoms. The van der Waals surface area contributed by atoms with Gasteiger partial charge in [-0.15, -0.1) is 0 Å². The highest BCUT2D eigenvalue weighted by Crippen LogP contribution is 2.10. The molecule has 0 radical (unpaired) electrons. The van der Waals surface area contributed by atoms with Gasteiger partial charge in [0, 0.05) is 7.05 Å². The SMILES string of the molecule is CC.CC.Cc1ccc2[nH]c(=O)n(C)c2c1. The van der Waals surface area contributed by atoms with E-state index >= 15 is 0 Å². The summed E-state index contributed by atoms with van der Waals surface area (Å²) in [5.41, 5.74) is 2.96. The summed E-state index contributed by atoms with van der Waals surface area (Å²) in [5.74, 6) is 0. The van der Waals surface area contributed by atoms with Crippen LogP contribution < -0.4 is 5.69 Å². The van der Waals surface area contributed by atoms with Crippen LogP contribution >= 0.6 is 0 Å². The van der Waals surface area contributed by atoms with Crippen molar-refractivity contribution in [1.82, 2.24) is 9.55 Å². The lowest BCUT2D eigenvalue weighted by Gasteiger charge is -1.94. The number of nitrogens with one attached hydrogen (secondary N) is 1. The number of aryl methyl sites for hydroxylation is 2. The summed E-state index contributed by atoms with van der Waals surface area (Å²) in [4.78, 5) is 13.9. The van der Waals surface area contributed by atoms with Crippen molar-refractivity contribution in [3.05, 3.63) is 34.2 Å². The van der Waals surface area contributed by atoms with Crippen molar-refractivity contribution in [3.8, 4) is 0 Å². The molecule has 0 saturated carbocycles. The molecule has 3 nitrogen and oxygen atoms in total. The highest BCUT2D eigenvalue weighted by atomic mass is 16.1. The average Bonchev–Trinajstić information content (AvgIpc) is 2.61. The fourth-order valence-electron chi connectivity index (χ4n) is 1.33. The molecule has 0 atom stereocenters. The topological polar surface area (TPSA) is 37.8 Å². The van der Waals surface area contributed by atoms with Crippen LogP contribution in [0, 0.1) is 6.92 Å². The minimum atomic E-state index is -0.0596. The molecule has 1 aromatic heterocycles. The number of nitrogens with zero attached hydrogens (tertiary/aromatic N) is 1. The maximum atomic E-state index is 11.2. The van der Waals surface area contributed by atoms with Crippen LogP contribution in [0.1, 0.15) is 33.3 Å². The summed E-state index contributed by atoms with van der Waals surface area (Å²) in [6.45, 7) is 10.0. The van der Waals surface area contributed by atoms with Crippen LogP contribution in [0.25, 0.3) is 11.0 Å². The zero-order valence-electron chi connectivity index (χ0n) is 11.1. The summed E-state index contributed by atoms with van der Waals surface area (Å²) in [6.07, 6.45) is 0. The Kier molecular flexibility index (Phi) is 6.23. The molecule has 0 fully saturated rings. The van der Waals surface area contributed by atoms with E-state index in [9.17, 15) is 4.79 Å². The molecule has 1 heterocycles. The highest BCUT2D eigenvalue weighted by Gasteiger charge is 2.00. The highest BCUT2D eigenvalue weighted by molar-refractivity contribution is 5.75. The van der Waals surface area contributed by atoms with E-state index in [0.717, 1.165) is 16.6 Å². The maximum Gasteiger partial charge on any atom is 0.326 e. The Morgan fingerprint density at radius 1 is 1.12 bits per heavy atom. The van der Waals surface area contributed by atoms with Crippen LogP contribution in [0.15, 0.2) is 23.0 Å². The summed E-state index contributed by atoms with van der Waals surface area (Å²) in [6, 6.07) is 5.90. The van der Waals surface area contributed by atoms with Gasteiger partial charge >= 0.3 is 5.69 Å². The molecule has 0 aliphatic rings. The molecule has 0 unspecified atom stereocenters. The van der Waals surface area contributed by atoms with E-state index in [4.69, 9.17) is 0 Å². The van der Waals surface area contributed by atoms with Gasteiger partial charge in [0.2, 0.25) is 0 Å². The number of imidazole rings is 1. The second-order valence-electron chi connectivity index (χ2n) is 3.01. The molecular formula is C13H22N2O. The zero-order valence-corrected chi connectivity index (χ0v) is 11.1. The second kappa shape index (κ2) is 6.88. The molecule has 1 N–H and O–H groups in total. The van der Waals surface area contributed by atoms with Gasteiger partial charge in [0.15, 0.2) is 0 Å². The molecule has 0 bridgehead atoms. The van der Waals surface area contributed by atoms with E-state index in [1.807, 2.05) is 52.8 Å². The lowest BCUT2D eigenvalue weighted by molar-refractivity contribution is 0.891. The fourth-order valence-corrected chi connectivity index (χ4v) is 1.33. The van der Waals surface area contributed by atoms with Gasteiger partial charge in [-0.2, -0.15) is 0 Å². The van der Waals surface area contributed by atoms with Gasteiger partial charge in [0.1, 0.15) is 0 Å². The lowest BCUT2D eigenvalue weighted by Crippen LogP contribution is -2.11. The van der Waals surface area contributed by atoms with E-state index in [1.165, 1.54) is 0 Å². The largest absolute Gasteiger partial charge is 0.326 e. The number of rotatable bonds is 0. The molecule has 0 aliphatic heterocycles. The van der Waals surface area contributed by atoms with Crippen molar-refractivity contribution >= 4 is 11.0 Å². The molecule has 0 saturated heterocycles. The van der Waals surface area contributed by atoms with Gasteiger partial charge in [-0.25, -0.2) is 4.79 Å². The van der Waals surface area contributed by atoms with E-state index in [-0.39, 0.29) is 5.69 Å². The molecule has 0 spiro atoms. The van der Waals surface area contributed by atoms with E-state index in [1.54, 1.807) is 11.6 Å². The lowest BCUT2D eigenvalue weighted by atomic mass is 10.2. The molecule has 90 valence electrons. The maximum absolute atomic E-state index is 11.2. The minimum Gasteiger partial charge on any atom is -0.306 e. The normalized spacial score (nSPS) is 8.88. The van der Waals surface area contributed by atoms with Gasteiger partial charge in [-0.3, -0.25) is 4.57 Å². The van der Waals surface area contributed by atoms with Crippen LogP contribution in [0.3, 0.4) is 0 Å². The number of fused-ring (bicyclic) bond motifs is 1. The third-order valence-corrected chi connectivity index (χ3v) is 2.06. The number of hydrogen-bond donors (Lipinski definition) is 1. The Morgan fingerprint density at radius 3 is 2.25 bits per heavy atom. The van der Waals surface area contributed by atoms with Gasteiger partial charge < -0.3 is 4.98 Å². The molecule has 0 aliphatic carbocycles. The van der Waals surface area contributed by atoms with E-state index < -0.39 is 0 Å². The van der Waals surface area contributed by atoms with Gasteiger partial charge in [0.05, 0.1) is 11.0 Å². The van der Waals surface area contributed by atoms with Crippen molar-refractivity contribution in [2.45, 2.75) is 34.6 Å². The van der Waals surface area contributed by atoms with Gasteiger partial charge in [0.25, 0.3) is 0 Å². The van der Waals surface area contributed by atoms with E-state index in [2.05, 4.69) is 4.98 Å². The average molecular weight is 222 g/mol. The molecule has 0 amide bonds. The summed E-state index contributed by atoms with van der Waals surface area (Å²) >= 11 is 0. The summed E-state index contributed by atoms with van der Waals surface area (Å²) in [7, 11) is 1.76. The number of benzene rings is 1. The second-order valence-corrected chi connectivity index (χ2v) is 3.01. The molecule has 2 aromatic rings. The zero-order chi connectivity index (χ0) is 12.7. The first-order chi connectivity index (χ1) is 7.68. The van der Waals surface area contributed by atoms with Crippen LogP contribution in [0.4, 0.5) is 0 Å². The van der Waals surface area contributed by atoms with Crippen LogP contribution in [-0.2, 0) is 7.05 Å². The van der Waals surface area contributed by atoms with Crippen molar-refractivity contribution < 1.29 is 0 Å². The summed E-state index contributed by atoms with van der Waals surface area (Å²) in [5, 5.41) is 0. The van der Waals surface area contributed by atoms with Gasteiger partial charge in [-0.1, -0.05) is 33.8 Å². The number of hydrogen-bond acceptors (Lipinski definition) is 1. The Bertz CT molecular complexity index is 480. The Balaban J connectivity index is 0.000000509. The quantitative estimate of drug-likeness (QED) is 0.730. The molecular weight excluding hydrogens is 200 g/mol. The third kappa shape index (κ3) is 2.99. The first kappa shape index (κ1) is 14.5. The number of H-pyrrole nitrogens is 1. The monoisotopic (exact) mass is 222 g/mol. The van der Waals surface area contributed by atoms with Crippen LogP contribution in [0.5, 0.6) is 0 Å². The minimum absolute atomic E-state index is 0.0596. The molecule has 1 aromatic carbocycles. The van der Waals surface area contributed by atoms with Crippen LogP contribution in [0.2, 0.25) is 0 Å². The first-order valence-corrected chi connectivity index (χ1v) is 5.84. The van der Waals surface area contributed by atoms with Crippen molar-refractivity contribution in [3.63, 3.8) is 0 Å². The predicted molar refractivity (Wildman–Crippen MR) is 71.0 cm³/mol.